The Kier molecular flexibility index (Phi) is 10.4. The van der Waals surface area contributed by atoms with Crippen molar-refractivity contribution in [3.63, 3.8) is 0 Å². The van der Waals surface area contributed by atoms with Crippen LogP contribution in [0.5, 0.6) is 0 Å². The van der Waals surface area contributed by atoms with E-state index < -0.39 is 36.4 Å². The van der Waals surface area contributed by atoms with Crippen LogP contribution in [0.2, 0.25) is 0 Å². The molecule has 0 radical (unpaired) electrons. The molecule has 12 nitrogen and oxygen atoms in total. The van der Waals surface area contributed by atoms with Gasteiger partial charge in [-0.3, -0.25) is 19.6 Å². The van der Waals surface area contributed by atoms with Gasteiger partial charge in [-0.15, -0.1) is 0 Å². The highest BCUT2D eigenvalue weighted by Crippen LogP contribution is 2.26. The zero-order chi connectivity index (χ0) is 27.8. The highest BCUT2D eigenvalue weighted by molar-refractivity contribution is 5.88. The van der Waals surface area contributed by atoms with Crippen LogP contribution in [-0.2, 0) is 37.6 Å². The number of ether oxygens (including phenoxy) is 1. The summed E-state index contributed by atoms with van der Waals surface area (Å²) < 4.78 is 11.6. The second-order valence-corrected chi connectivity index (χ2v) is 10.3. The van der Waals surface area contributed by atoms with Gasteiger partial charge in [0.15, 0.2) is 5.60 Å². The Balaban J connectivity index is 0.000000317. The number of rotatable bonds is 11. The van der Waals surface area contributed by atoms with Crippen LogP contribution < -0.4 is 0 Å². The number of carboxylic acid groups (broad SMARTS) is 3. The van der Waals surface area contributed by atoms with Crippen LogP contribution in [0.4, 0.5) is 0 Å². The van der Waals surface area contributed by atoms with Gasteiger partial charge in [0.05, 0.1) is 31.7 Å². The molecule has 5 N–H and O–H groups in total. The predicted molar refractivity (Wildman–Crippen MR) is 131 cm³/mol. The molecular formula is C25H37N3O9. The Labute approximate surface area is 215 Å². The Morgan fingerprint density at radius 3 is 2.22 bits per heavy atom. The molecule has 3 rings (SSSR count). The molecule has 12 heteroatoms. The van der Waals surface area contributed by atoms with Crippen LogP contribution in [0.1, 0.15) is 69.2 Å². The summed E-state index contributed by atoms with van der Waals surface area (Å²) in [5.74, 6) is -3.05. The number of H-pyrrole nitrogens is 1. The first kappa shape index (κ1) is 30.0. The van der Waals surface area contributed by atoms with Crippen molar-refractivity contribution >= 4 is 17.9 Å². The molecule has 1 atom stereocenters. The van der Waals surface area contributed by atoms with Gasteiger partial charge in [-0.2, -0.15) is 5.10 Å². The first-order chi connectivity index (χ1) is 17.2. The quantitative estimate of drug-likeness (QED) is 0.291. The van der Waals surface area contributed by atoms with E-state index >= 15 is 0 Å². The van der Waals surface area contributed by atoms with Crippen LogP contribution in [0.15, 0.2) is 22.7 Å². The average molecular weight is 524 g/mol. The number of furan rings is 1. The van der Waals surface area contributed by atoms with Gasteiger partial charge in [0.25, 0.3) is 0 Å². The molecule has 0 saturated carbocycles. The van der Waals surface area contributed by atoms with E-state index in [4.69, 9.17) is 29.6 Å². The lowest BCUT2D eigenvalue weighted by Crippen LogP contribution is -2.42. The van der Waals surface area contributed by atoms with E-state index in [1.54, 1.807) is 0 Å². The zero-order valence-electron chi connectivity index (χ0n) is 21.7. The molecule has 0 amide bonds. The highest BCUT2D eigenvalue weighted by atomic mass is 16.5. The number of hydrogen-bond donors (Lipinski definition) is 5. The maximum Gasteiger partial charge on any atom is 0.336 e. The van der Waals surface area contributed by atoms with Gasteiger partial charge >= 0.3 is 17.9 Å². The van der Waals surface area contributed by atoms with Gasteiger partial charge in [-0.1, -0.05) is 20.8 Å². The standard InChI is InChI=1S/C19H29N3O2.C6H8O7/c1-14-7-8-17(24-14)13-22(12-16-6-5-9-23-16)11-15-10-20-21-18(15)19(2,3)4;7-3(8)1-6(13,5(11)12)2-4(9)10/h7-8,10,16H,5-6,9,11-13H2,1-4H3,(H,20,21);13H,1-2H2,(H,7,8)(H,9,10)(H,11,12). The van der Waals surface area contributed by atoms with Crippen molar-refractivity contribution in [2.45, 2.75) is 83.6 Å². The molecule has 0 aromatic carbocycles. The van der Waals surface area contributed by atoms with Crippen molar-refractivity contribution in [1.29, 1.82) is 0 Å². The van der Waals surface area contributed by atoms with Crippen LogP contribution in [0.25, 0.3) is 0 Å². The lowest BCUT2D eigenvalue weighted by molar-refractivity contribution is -0.170. The fourth-order valence-corrected chi connectivity index (χ4v) is 4.09. The summed E-state index contributed by atoms with van der Waals surface area (Å²) in [4.78, 5) is 32.9. The maximum absolute atomic E-state index is 10.3. The van der Waals surface area contributed by atoms with Crippen molar-refractivity contribution in [2.75, 3.05) is 13.2 Å². The van der Waals surface area contributed by atoms with Gasteiger partial charge in [0.1, 0.15) is 11.5 Å². The fourth-order valence-electron chi connectivity index (χ4n) is 4.09. The molecule has 1 aliphatic heterocycles. The first-order valence-electron chi connectivity index (χ1n) is 12.0. The smallest absolute Gasteiger partial charge is 0.336 e. The number of carboxylic acids is 3. The van der Waals surface area contributed by atoms with E-state index in [9.17, 15) is 14.4 Å². The van der Waals surface area contributed by atoms with E-state index in [-0.39, 0.29) is 5.41 Å². The zero-order valence-corrected chi connectivity index (χ0v) is 21.7. The van der Waals surface area contributed by atoms with Crippen LogP contribution in [-0.4, -0.2) is 78.3 Å². The number of aliphatic carboxylic acids is 3. The van der Waals surface area contributed by atoms with Crippen LogP contribution in [0, 0.1) is 6.92 Å². The number of aryl methyl sites for hydroxylation is 1. The summed E-state index contributed by atoms with van der Waals surface area (Å²) in [7, 11) is 0. The summed E-state index contributed by atoms with van der Waals surface area (Å²) in [5.41, 5.74) is -0.223. The van der Waals surface area contributed by atoms with Gasteiger partial charge in [-0.25, -0.2) is 4.79 Å². The molecule has 2 aromatic heterocycles. The Hall–Kier alpha value is -3.22. The third kappa shape index (κ3) is 9.63. The molecule has 0 spiro atoms. The topological polar surface area (TPSA) is 186 Å². The molecule has 37 heavy (non-hydrogen) atoms. The lowest BCUT2D eigenvalue weighted by atomic mass is 9.89. The minimum absolute atomic E-state index is 0.0582. The Bertz CT molecular complexity index is 1030. The maximum atomic E-state index is 10.3. The molecule has 1 aliphatic rings. The average Bonchev–Trinajstić information content (AvgIpc) is 3.50. The summed E-state index contributed by atoms with van der Waals surface area (Å²) in [6.07, 6.45) is 2.30. The van der Waals surface area contributed by atoms with E-state index in [2.05, 4.69) is 41.9 Å². The van der Waals surface area contributed by atoms with Crippen molar-refractivity contribution in [3.8, 4) is 0 Å². The molecule has 2 aromatic rings. The van der Waals surface area contributed by atoms with Gasteiger partial charge in [0, 0.05) is 36.4 Å². The Morgan fingerprint density at radius 1 is 1.11 bits per heavy atom. The van der Waals surface area contributed by atoms with Crippen LogP contribution >= 0.6 is 0 Å². The van der Waals surface area contributed by atoms with Crippen molar-refractivity contribution in [1.82, 2.24) is 15.1 Å². The minimum atomic E-state index is -2.74. The van der Waals surface area contributed by atoms with E-state index in [1.165, 1.54) is 11.3 Å². The third-order valence-corrected chi connectivity index (χ3v) is 5.81. The number of aromatic nitrogens is 2. The highest BCUT2D eigenvalue weighted by Gasteiger charge is 2.40. The normalized spacial score (nSPS) is 15.9. The van der Waals surface area contributed by atoms with E-state index in [1.807, 2.05) is 19.2 Å². The molecule has 0 aliphatic carbocycles. The fraction of sp³-hybridized carbons (Fsp3) is 0.600. The molecular weight excluding hydrogens is 486 g/mol. The van der Waals surface area contributed by atoms with E-state index in [0.717, 1.165) is 50.6 Å². The molecule has 0 bridgehead atoms. The van der Waals surface area contributed by atoms with Crippen molar-refractivity contribution < 1.29 is 44.0 Å². The predicted octanol–water partition coefficient (Wildman–Crippen LogP) is 2.54. The second kappa shape index (κ2) is 12.8. The molecule has 1 fully saturated rings. The largest absolute Gasteiger partial charge is 0.481 e. The van der Waals surface area contributed by atoms with Gasteiger partial charge < -0.3 is 29.6 Å². The van der Waals surface area contributed by atoms with Crippen molar-refractivity contribution in [2.24, 2.45) is 0 Å². The lowest BCUT2D eigenvalue weighted by Gasteiger charge is -2.26. The summed E-state index contributed by atoms with van der Waals surface area (Å²) in [6.45, 7) is 12.1. The molecule has 1 unspecified atom stereocenters. The number of nitrogens with one attached hydrogen (secondary N) is 1. The second-order valence-electron chi connectivity index (χ2n) is 10.3. The molecule has 3 heterocycles. The Morgan fingerprint density at radius 2 is 1.76 bits per heavy atom. The molecule has 206 valence electrons. The summed E-state index contributed by atoms with van der Waals surface area (Å²) in [6, 6.07) is 4.09. The minimum Gasteiger partial charge on any atom is -0.481 e. The number of hydrogen-bond acceptors (Lipinski definition) is 8. The van der Waals surface area contributed by atoms with Gasteiger partial charge in [-0.05, 0) is 31.9 Å². The van der Waals surface area contributed by atoms with Gasteiger partial charge in [0.2, 0.25) is 0 Å². The van der Waals surface area contributed by atoms with Crippen molar-refractivity contribution in [3.05, 3.63) is 41.1 Å². The molecule has 1 saturated heterocycles. The monoisotopic (exact) mass is 523 g/mol. The first-order valence-corrected chi connectivity index (χ1v) is 12.0. The van der Waals surface area contributed by atoms with Crippen LogP contribution in [0.3, 0.4) is 0 Å². The number of aliphatic hydroxyl groups is 1. The number of nitrogens with zero attached hydrogens (tertiary/aromatic N) is 2. The SMILES string of the molecule is Cc1ccc(CN(Cc2cn[nH]c2C(C)(C)C)CC2CCCO2)o1.O=C(O)CC(O)(CC(=O)O)C(=O)O. The summed E-state index contributed by atoms with van der Waals surface area (Å²) in [5, 5.41) is 41.3. The number of carbonyl (C=O) groups is 3. The summed E-state index contributed by atoms with van der Waals surface area (Å²) >= 11 is 0. The third-order valence-electron chi connectivity index (χ3n) is 5.81. The van der Waals surface area contributed by atoms with E-state index in [0.29, 0.717) is 6.10 Å². The number of aromatic amines is 1.